The molecule has 30 heavy (non-hydrogen) atoms. The van der Waals surface area contributed by atoms with Gasteiger partial charge in [-0.3, -0.25) is 9.79 Å². The van der Waals surface area contributed by atoms with Crippen LogP contribution in [-0.2, 0) is 9.53 Å². The van der Waals surface area contributed by atoms with Gasteiger partial charge in [0.15, 0.2) is 5.96 Å². The van der Waals surface area contributed by atoms with Gasteiger partial charge in [0.05, 0.1) is 25.7 Å². The molecule has 1 saturated carbocycles. The van der Waals surface area contributed by atoms with Crippen molar-refractivity contribution in [2.75, 3.05) is 45.6 Å². The summed E-state index contributed by atoms with van der Waals surface area (Å²) in [5.74, 6) is 0.685. The molecule has 0 aromatic heterocycles. The summed E-state index contributed by atoms with van der Waals surface area (Å²) in [6, 6.07) is 10.5. The molecule has 3 rings (SSSR count). The molecule has 6 nitrogen and oxygen atoms in total. The Labute approximate surface area is 202 Å². The lowest BCUT2D eigenvalue weighted by Gasteiger charge is -2.30. The highest BCUT2D eigenvalue weighted by Gasteiger charge is 2.28. The summed E-state index contributed by atoms with van der Waals surface area (Å²) in [7, 11) is 0. The van der Waals surface area contributed by atoms with Gasteiger partial charge >= 0.3 is 0 Å². The van der Waals surface area contributed by atoms with Crippen LogP contribution in [0, 0.1) is 0 Å². The van der Waals surface area contributed by atoms with Crippen LogP contribution in [0.1, 0.15) is 37.7 Å². The van der Waals surface area contributed by atoms with E-state index in [2.05, 4.69) is 23.8 Å². The summed E-state index contributed by atoms with van der Waals surface area (Å²) >= 11 is 1.95. The number of hydrogen-bond donors (Lipinski definition) is 2. The Morgan fingerprint density at radius 3 is 2.63 bits per heavy atom. The van der Waals surface area contributed by atoms with Gasteiger partial charge in [-0.05, 0) is 38.0 Å². The van der Waals surface area contributed by atoms with Crippen LogP contribution in [0.15, 0.2) is 35.3 Å². The number of amides is 1. The zero-order valence-corrected chi connectivity index (χ0v) is 21.2. The number of rotatable bonds is 7. The minimum absolute atomic E-state index is 0. The molecule has 1 aromatic rings. The second-order valence-electron chi connectivity index (χ2n) is 7.63. The van der Waals surface area contributed by atoms with Gasteiger partial charge in [-0.15, -0.1) is 24.0 Å². The summed E-state index contributed by atoms with van der Waals surface area (Å²) in [6.45, 7) is 5.85. The van der Waals surface area contributed by atoms with Gasteiger partial charge in [0, 0.05) is 30.9 Å². The molecule has 2 aliphatic rings. The first-order valence-corrected chi connectivity index (χ1v) is 12.0. The lowest BCUT2D eigenvalue weighted by molar-refractivity contribution is -0.136. The monoisotopic (exact) mass is 546 g/mol. The average molecular weight is 547 g/mol. The van der Waals surface area contributed by atoms with E-state index in [0.717, 1.165) is 23.3 Å². The fraction of sp³-hybridized carbons (Fsp3) is 0.636. The lowest BCUT2D eigenvalue weighted by Crippen LogP contribution is -2.45. The van der Waals surface area contributed by atoms with E-state index in [4.69, 9.17) is 9.73 Å². The first kappa shape index (κ1) is 25.3. The largest absolute Gasteiger partial charge is 0.378 e. The quantitative estimate of drug-likeness (QED) is 0.313. The van der Waals surface area contributed by atoms with Crippen molar-refractivity contribution in [1.29, 1.82) is 0 Å². The number of carbonyl (C=O) groups is 1. The van der Waals surface area contributed by atoms with Gasteiger partial charge in [-0.1, -0.05) is 30.3 Å². The van der Waals surface area contributed by atoms with Gasteiger partial charge in [0.25, 0.3) is 0 Å². The summed E-state index contributed by atoms with van der Waals surface area (Å²) in [4.78, 5) is 20.0. The highest BCUT2D eigenvalue weighted by Crippen LogP contribution is 2.28. The molecule has 0 radical (unpaired) electrons. The van der Waals surface area contributed by atoms with Crippen LogP contribution < -0.4 is 10.6 Å². The van der Waals surface area contributed by atoms with Crippen molar-refractivity contribution in [2.24, 2.45) is 4.99 Å². The van der Waals surface area contributed by atoms with Crippen molar-refractivity contribution in [3.63, 3.8) is 0 Å². The number of ether oxygens (including phenoxy) is 1. The van der Waals surface area contributed by atoms with Gasteiger partial charge in [-0.25, -0.2) is 0 Å². The van der Waals surface area contributed by atoms with E-state index in [9.17, 15) is 4.79 Å². The van der Waals surface area contributed by atoms with E-state index >= 15 is 0 Å². The maximum atomic E-state index is 13.3. The maximum absolute atomic E-state index is 13.3. The Kier molecular flexibility index (Phi) is 11.3. The highest BCUT2D eigenvalue weighted by molar-refractivity contribution is 14.0. The second-order valence-corrected chi connectivity index (χ2v) is 8.77. The third-order valence-electron chi connectivity index (χ3n) is 5.66. The fourth-order valence-electron chi connectivity index (χ4n) is 4.00. The highest BCUT2D eigenvalue weighted by atomic mass is 127. The first-order chi connectivity index (χ1) is 14.2. The summed E-state index contributed by atoms with van der Waals surface area (Å²) in [6.07, 6.45) is 5.78. The predicted octanol–water partition coefficient (Wildman–Crippen LogP) is 3.09. The van der Waals surface area contributed by atoms with Crippen LogP contribution in [0.4, 0.5) is 0 Å². The summed E-state index contributed by atoms with van der Waals surface area (Å²) in [5, 5.41) is 7.67. The molecule has 1 amide bonds. The molecule has 2 fully saturated rings. The van der Waals surface area contributed by atoms with E-state index in [1.54, 1.807) is 0 Å². The van der Waals surface area contributed by atoms with Crippen molar-refractivity contribution >= 4 is 47.6 Å². The fourth-order valence-corrected chi connectivity index (χ4v) is 4.79. The van der Waals surface area contributed by atoms with Gasteiger partial charge in [0.1, 0.15) is 0 Å². The number of morpholine rings is 1. The van der Waals surface area contributed by atoms with E-state index < -0.39 is 0 Å². The van der Waals surface area contributed by atoms with E-state index in [1.807, 2.05) is 47.0 Å². The zero-order chi connectivity index (χ0) is 20.5. The summed E-state index contributed by atoms with van der Waals surface area (Å²) < 4.78 is 5.41. The van der Waals surface area contributed by atoms with Crippen molar-refractivity contribution in [1.82, 2.24) is 15.5 Å². The Balaban J connectivity index is 0.00000320. The van der Waals surface area contributed by atoms with E-state index in [-0.39, 0.29) is 35.8 Å². The Hall–Kier alpha value is -1.000. The topological polar surface area (TPSA) is 66.0 Å². The van der Waals surface area contributed by atoms with Crippen LogP contribution >= 0.6 is 35.7 Å². The third kappa shape index (κ3) is 7.30. The number of halogens is 1. The van der Waals surface area contributed by atoms with Gasteiger partial charge in [0.2, 0.25) is 5.91 Å². The number of benzene rings is 1. The normalized spacial score (nSPS) is 22.9. The molecule has 3 unspecified atom stereocenters. The van der Waals surface area contributed by atoms with Crippen LogP contribution in [0.25, 0.3) is 0 Å². The predicted molar refractivity (Wildman–Crippen MR) is 136 cm³/mol. The van der Waals surface area contributed by atoms with Crippen molar-refractivity contribution in [3.05, 3.63) is 35.9 Å². The third-order valence-corrected chi connectivity index (χ3v) is 6.75. The minimum atomic E-state index is -0.271. The molecule has 8 heteroatoms. The number of aliphatic imine (C=N–C) groups is 1. The molecule has 1 heterocycles. The molecule has 2 N–H and O–H groups in total. The first-order valence-electron chi connectivity index (χ1n) is 10.7. The number of thioether (sulfide) groups is 1. The standard InChI is InChI=1S/C22H34N4O2S.HI/c1-3-23-22(25-18-9-10-19(15-18)29-2)24-16-20(17-7-5-4-6-8-17)21(27)26-11-13-28-14-12-26;/h4-8,18-20H,3,9-16H2,1-2H3,(H2,23,24,25);1H. The number of nitrogens with zero attached hydrogens (tertiary/aromatic N) is 2. The SMILES string of the molecule is CCNC(=NCC(C(=O)N1CCOCC1)c1ccccc1)NC1CCC(SC)C1.I. The average Bonchev–Trinajstić information content (AvgIpc) is 3.23. The second kappa shape index (κ2) is 13.4. The maximum Gasteiger partial charge on any atom is 0.232 e. The number of nitrogens with one attached hydrogen (secondary N) is 2. The smallest absolute Gasteiger partial charge is 0.232 e. The van der Waals surface area contributed by atoms with Crippen LogP contribution in [0.2, 0.25) is 0 Å². The number of carbonyl (C=O) groups excluding carboxylic acids is 1. The zero-order valence-electron chi connectivity index (χ0n) is 18.0. The Morgan fingerprint density at radius 2 is 2.00 bits per heavy atom. The van der Waals surface area contributed by atoms with Crippen LogP contribution in [0.5, 0.6) is 0 Å². The van der Waals surface area contributed by atoms with E-state index in [1.165, 1.54) is 19.3 Å². The molecular formula is C22H35IN4O2S. The molecule has 1 aliphatic heterocycles. The van der Waals surface area contributed by atoms with Crippen molar-refractivity contribution < 1.29 is 9.53 Å². The molecule has 0 spiro atoms. The molecule has 1 aliphatic carbocycles. The molecule has 1 aromatic carbocycles. The molecule has 0 bridgehead atoms. The lowest BCUT2D eigenvalue weighted by atomic mass is 9.97. The van der Waals surface area contributed by atoms with Crippen molar-refractivity contribution in [3.8, 4) is 0 Å². The number of hydrogen-bond acceptors (Lipinski definition) is 4. The Bertz CT molecular complexity index is 670. The van der Waals surface area contributed by atoms with Crippen LogP contribution in [-0.4, -0.2) is 73.7 Å². The molecule has 1 saturated heterocycles. The van der Waals surface area contributed by atoms with Gasteiger partial charge < -0.3 is 20.3 Å². The molecule has 3 atom stereocenters. The van der Waals surface area contributed by atoms with Crippen LogP contribution in [0.3, 0.4) is 0 Å². The Morgan fingerprint density at radius 1 is 1.27 bits per heavy atom. The molecule has 168 valence electrons. The van der Waals surface area contributed by atoms with Gasteiger partial charge in [-0.2, -0.15) is 11.8 Å². The molecular weight excluding hydrogens is 511 g/mol. The summed E-state index contributed by atoms with van der Waals surface area (Å²) in [5.41, 5.74) is 1.02. The minimum Gasteiger partial charge on any atom is -0.378 e. The van der Waals surface area contributed by atoms with Crippen molar-refractivity contribution in [2.45, 2.75) is 43.4 Å². The number of guanidine groups is 1. The van der Waals surface area contributed by atoms with E-state index in [0.29, 0.717) is 38.9 Å².